The lowest BCUT2D eigenvalue weighted by molar-refractivity contribution is 0.0899. The van der Waals surface area contributed by atoms with Crippen LogP contribution in [-0.2, 0) is 16.2 Å². The molecule has 0 bridgehead atoms. The Morgan fingerprint density at radius 1 is 0.811 bits per heavy atom. The first-order valence-electron chi connectivity index (χ1n) is 12.5. The monoisotopic (exact) mass is 582 g/mol. The number of aromatic amines is 1. The van der Waals surface area contributed by atoms with Crippen molar-refractivity contribution in [3.05, 3.63) is 47.5 Å². The Morgan fingerprint density at radius 2 is 1.41 bits per heavy atom. The lowest BCUT2D eigenvalue weighted by atomic mass is 10.4. The Balaban J connectivity index is 0.000000214. The molecule has 8 nitrogen and oxygen atoms in total. The van der Waals surface area contributed by atoms with E-state index in [0.717, 1.165) is 41.9 Å². The molecule has 0 aliphatic heterocycles. The number of ether oxygens (including phenoxy) is 2. The Morgan fingerprint density at radius 3 is 2.00 bits per heavy atom. The van der Waals surface area contributed by atoms with Crippen LogP contribution in [0.25, 0.3) is 22.1 Å². The number of nitrogens with one attached hydrogen (secondary N) is 1. The number of hydrogen-bond donors (Lipinski definition) is 1. The first-order chi connectivity index (χ1) is 17.4. The molecule has 0 aromatic carbocycles. The van der Waals surface area contributed by atoms with E-state index in [1.807, 2.05) is 29.8 Å². The molecule has 0 saturated heterocycles. The highest BCUT2D eigenvalue weighted by Gasteiger charge is 2.13. The normalized spacial score (nSPS) is 11.7. The van der Waals surface area contributed by atoms with Gasteiger partial charge in [-0.25, -0.2) is 19.9 Å². The number of aromatic nitrogens is 6. The number of fused-ring (bicyclic) bond motifs is 2. The van der Waals surface area contributed by atoms with Crippen molar-refractivity contribution in [2.45, 2.75) is 65.0 Å². The summed E-state index contributed by atoms with van der Waals surface area (Å²) in [6.07, 6.45) is 6.62. The fraction of sp³-hybridized carbons (Fsp3) is 0.520. The van der Waals surface area contributed by atoms with Gasteiger partial charge in [0.15, 0.2) is 0 Å². The molecule has 0 unspecified atom stereocenters. The number of H-pyrrole nitrogens is 1. The van der Waals surface area contributed by atoms with Gasteiger partial charge in [-0.2, -0.15) is 0 Å². The van der Waals surface area contributed by atoms with Crippen molar-refractivity contribution >= 4 is 61.4 Å². The molecule has 0 saturated carbocycles. The van der Waals surface area contributed by atoms with Crippen LogP contribution in [0.2, 0.25) is 61.7 Å². The zero-order chi connectivity index (χ0) is 27.5. The van der Waals surface area contributed by atoms with E-state index in [1.54, 1.807) is 6.20 Å². The fourth-order valence-electron chi connectivity index (χ4n) is 2.98. The van der Waals surface area contributed by atoms with E-state index >= 15 is 0 Å². The van der Waals surface area contributed by atoms with Gasteiger partial charge in [-0.15, -0.1) is 0 Å². The summed E-state index contributed by atoms with van der Waals surface area (Å²) < 4.78 is 12.9. The topological polar surface area (TPSA) is 90.7 Å². The average Bonchev–Trinajstić information content (AvgIpc) is 3.45. The lowest BCUT2D eigenvalue weighted by Crippen LogP contribution is -2.22. The van der Waals surface area contributed by atoms with Crippen LogP contribution in [0, 0.1) is 0 Å². The molecule has 12 heteroatoms. The first-order valence-corrected chi connectivity index (χ1v) is 20.6. The molecule has 4 aromatic rings. The quantitative estimate of drug-likeness (QED) is 0.126. The number of hydrogen-bond acceptors (Lipinski definition) is 6. The maximum Gasteiger partial charge on any atom is 0.146 e. The van der Waals surface area contributed by atoms with Crippen molar-refractivity contribution in [1.29, 1.82) is 0 Å². The van der Waals surface area contributed by atoms with E-state index < -0.39 is 16.1 Å². The number of halogens is 2. The molecule has 0 amide bonds. The average molecular weight is 584 g/mol. The summed E-state index contributed by atoms with van der Waals surface area (Å²) in [6, 6.07) is 6.22. The van der Waals surface area contributed by atoms with Crippen LogP contribution in [0.4, 0.5) is 0 Å². The van der Waals surface area contributed by atoms with Gasteiger partial charge in [0, 0.05) is 48.4 Å². The third-order valence-electron chi connectivity index (χ3n) is 5.24. The third kappa shape index (κ3) is 11.6. The van der Waals surface area contributed by atoms with Gasteiger partial charge in [0.05, 0.1) is 10.8 Å². The summed E-state index contributed by atoms with van der Waals surface area (Å²) in [7, 11) is -1.84. The zero-order valence-corrected chi connectivity index (χ0v) is 26.5. The van der Waals surface area contributed by atoms with Crippen LogP contribution in [0.5, 0.6) is 0 Å². The Bertz CT molecular complexity index is 1220. The van der Waals surface area contributed by atoms with E-state index in [-0.39, 0.29) is 0 Å². The van der Waals surface area contributed by atoms with Crippen molar-refractivity contribution in [3.63, 3.8) is 0 Å². The summed E-state index contributed by atoms with van der Waals surface area (Å²) >= 11 is 11.7. The van der Waals surface area contributed by atoms with Crippen LogP contribution in [0.1, 0.15) is 6.92 Å². The number of rotatable bonds is 9. The Kier molecular flexibility index (Phi) is 12.7. The maximum atomic E-state index is 5.99. The predicted octanol–water partition coefficient (Wildman–Crippen LogP) is 7.37. The minimum atomic E-state index is -1.02. The molecule has 4 heterocycles. The second kappa shape index (κ2) is 14.9. The van der Waals surface area contributed by atoms with Gasteiger partial charge in [0.1, 0.15) is 41.0 Å². The Labute approximate surface area is 232 Å². The fourth-order valence-corrected chi connectivity index (χ4v) is 4.88. The second-order valence-electron chi connectivity index (χ2n) is 10.9. The van der Waals surface area contributed by atoms with Gasteiger partial charge >= 0.3 is 0 Å². The second-order valence-corrected chi connectivity index (χ2v) is 22.9. The summed E-state index contributed by atoms with van der Waals surface area (Å²) in [4.78, 5) is 18.9. The van der Waals surface area contributed by atoms with Gasteiger partial charge in [-0.3, -0.25) is 0 Å². The maximum absolute atomic E-state index is 5.99. The molecule has 0 spiro atoms. The first kappa shape index (κ1) is 31.4. The van der Waals surface area contributed by atoms with E-state index in [9.17, 15) is 0 Å². The van der Waals surface area contributed by atoms with Crippen molar-refractivity contribution in [1.82, 2.24) is 29.5 Å². The molecule has 0 fully saturated rings. The van der Waals surface area contributed by atoms with E-state index in [0.29, 0.717) is 17.0 Å². The van der Waals surface area contributed by atoms with Crippen LogP contribution in [0.15, 0.2) is 37.2 Å². The molecular formula is C25H40Cl2N6O2Si2. The molecule has 0 atom stereocenters. The summed E-state index contributed by atoms with van der Waals surface area (Å²) in [5.41, 5.74) is 1.60. The van der Waals surface area contributed by atoms with Crippen molar-refractivity contribution < 1.29 is 9.47 Å². The van der Waals surface area contributed by atoms with Crippen LogP contribution < -0.4 is 0 Å². The van der Waals surface area contributed by atoms with E-state index in [1.165, 1.54) is 24.7 Å². The minimum absolute atomic E-state index is 0.487. The van der Waals surface area contributed by atoms with Crippen LogP contribution in [0.3, 0.4) is 0 Å². The van der Waals surface area contributed by atoms with Gasteiger partial charge < -0.3 is 19.0 Å². The van der Waals surface area contributed by atoms with Gasteiger partial charge in [-0.05, 0) is 31.1 Å². The summed E-state index contributed by atoms with van der Waals surface area (Å²) in [5.74, 6) is 0. The molecule has 0 radical (unpaired) electrons. The third-order valence-corrected chi connectivity index (χ3v) is 9.25. The molecule has 204 valence electrons. The lowest BCUT2D eigenvalue weighted by Gasteiger charge is -2.15. The summed E-state index contributed by atoms with van der Waals surface area (Å²) in [6.45, 7) is 19.3. The highest BCUT2D eigenvalue weighted by molar-refractivity contribution is 6.76. The number of nitrogens with zero attached hydrogens (tertiary/aromatic N) is 5. The van der Waals surface area contributed by atoms with Crippen molar-refractivity contribution in [3.8, 4) is 0 Å². The molecule has 0 aliphatic carbocycles. The highest BCUT2D eigenvalue weighted by Crippen LogP contribution is 2.20. The van der Waals surface area contributed by atoms with Gasteiger partial charge in [0.2, 0.25) is 0 Å². The highest BCUT2D eigenvalue weighted by atomic mass is 35.5. The standard InChI is InChI=1S/C12H18ClN3OSi.C7H18OSi.C6H4ClN3/c1-18(2,3)7-6-17-9-16-5-4-10-11(13)14-8-15-12(10)16;1-5-8-6-7-9(2,3)4;7-5-4-1-2-8-6(4)10-3-9-5/h4-5,8H,6-7,9H2,1-3H3;5-7H2,1-4H3;1-3H,(H,8,9,10). The molecule has 4 rings (SSSR count). The largest absolute Gasteiger partial charge is 0.382 e. The molecule has 1 N–H and O–H groups in total. The minimum Gasteiger partial charge on any atom is -0.382 e. The molecular weight excluding hydrogens is 543 g/mol. The van der Waals surface area contributed by atoms with Gasteiger partial charge in [-0.1, -0.05) is 62.5 Å². The van der Waals surface area contributed by atoms with E-state index in [2.05, 4.69) is 64.2 Å². The van der Waals surface area contributed by atoms with Crippen LogP contribution >= 0.6 is 23.2 Å². The van der Waals surface area contributed by atoms with Crippen LogP contribution in [-0.4, -0.2) is 65.5 Å². The molecule has 37 heavy (non-hydrogen) atoms. The van der Waals surface area contributed by atoms with E-state index in [4.69, 9.17) is 32.7 Å². The molecule has 0 aliphatic rings. The summed E-state index contributed by atoms with van der Waals surface area (Å²) in [5, 5.41) is 2.71. The van der Waals surface area contributed by atoms with Gasteiger partial charge in [0.25, 0.3) is 0 Å². The zero-order valence-electron chi connectivity index (χ0n) is 23.0. The molecule has 4 aromatic heterocycles. The predicted molar refractivity (Wildman–Crippen MR) is 160 cm³/mol. The van der Waals surface area contributed by atoms with Crippen molar-refractivity contribution in [2.75, 3.05) is 19.8 Å². The van der Waals surface area contributed by atoms with Crippen molar-refractivity contribution in [2.24, 2.45) is 0 Å². The Hall–Kier alpha value is -1.83. The SMILES string of the molecule is CCOCC[Si](C)(C)C.C[Si](C)(C)CCOCn1ccc2c(Cl)ncnc21.Clc1ncnc2[nH]ccc12. The smallest absolute Gasteiger partial charge is 0.146 e.